The van der Waals surface area contributed by atoms with Crippen LogP contribution in [-0.4, -0.2) is 23.7 Å². The summed E-state index contributed by atoms with van der Waals surface area (Å²) >= 11 is 0. The minimum atomic E-state index is -1.06. The molecule has 0 fully saturated rings. The Balaban J connectivity index is 1.72. The van der Waals surface area contributed by atoms with Crippen molar-refractivity contribution in [2.24, 2.45) is 5.16 Å². The molecule has 2 aliphatic rings. The predicted octanol–water partition coefficient (Wildman–Crippen LogP) is 1.16. The Bertz CT molecular complexity index is 919. The molecule has 0 aliphatic carbocycles. The van der Waals surface area contributed by atoms with E-state index in [0.717, 1.165) is 0 Å². The molecule has 2 heterocycles. The first kappa shape index (κ1) is 15.3. The zero-order valence-electron chi connectivity index (χ0n) is 12.8. The molecule has 2 aliphatic heterocycles. The van der Waals surface area contributed by atoms with E-state index in [1.807, 2.05) is 0 Å². The highest BCUT2D eigenvalue weighted by molar-refractivity contribution is 6.31. The number of nitrogens with one attached hydrogen (secondary N) is 1. The maximum atomic E-state index is 12.0. The molecule has 4 rings (SSSR count). The van der Waals surface area contributed by atoms with Gasteiger partial charge in [0.1, 0.15) is 5.71 Å². The minimum Gasteiger partial charge on any atom is -0.595 e. The Labute approximate surface area is 141 Å². The first-order valence-corrected chi connectivity index (χ1v) is 7.36. The Morgan fingerprint density at radius 2 is 2.00 bits per heavy atom. The van der Waals surface area contributed by atoms with Crippen molar-refractivity contribution in [1.29, 1.82) is 0 Å². The number of benzene rings is 2. The summed E-state index contributed by atoms with van der Waals surface area (Å²) in [7, 11) is 0. The summed E-state index contributed by atoms with van der Waals surface area (Å²) in [6, 6.07) is 11.4. The van der Waals surface area contributed by atoms with Gasteiger partial charge in [0.25, 0.3) is 0 Å². The Morgan fingerprint density at radius 3 is 2.84 bits per heavy atom. The Hall–Kier alpha value is -3.20. The van der Waals surface area contributed by atoms with Crippen LogP contribution in [0, 0.1) is 5.21 Å². The monoisotopic (exact) mass is 340 g/mol. The molecule has 126 valence electrons. The number of hydrogen-bond donors (Lipinski definition) is 2. The van der Waals surface area contributed by atoms with E-state index in [1.54, 1.807) is 36.4 Å². The smallest absolute Gasteiger partial charge is 0.368 e. The second-order valence-electron chi connectivity index (χ2n) is 5.38. The van der Waals surface area contributed by atoms with Crippen molar-refractivity contribution in [1.82, 2.24) is 0 Å². The first-order valence-electron chi connectivity index (χ1n) is 7.36. The highest BCUT2D eigenvalue weighted by Gasteiger charge is 2.27. The lowest BCUT2D eigenvalue weighted by atomic mass is 10.00. The van der Waals surface area contributed by atoms with Gasteiger partial charge < -0.3 is 19.5 Å². The normalized spacial score (nSPS) is 18.2. The van der Waals surface area contributed by atoms with Crippen LogP contribution in [0.5, 0.6) is 11.5 Å². The summed E-state index contributed by atoms with van der Waals surface area (Å²) in [5.74, 6) is 0.625. The topological polar surface area (TPSA) is 105 Å². The van der Waals surface area contributed by atoms with Crippen LogP contribution in [0.4, 0.5) is 5.69 Å². The van der Waals surface area contributed by atoms with Gasteiger partial charge in [0.2, 0.25) is 6.79 Å². The minimum absolute atomic E-state index is 0.0991. The number of carbonyl (C=O) groups is 1. The van der Waals surface area contributed by atoms with Gasteiger partial charge in [0.15, 0.2) is 17.2 Å². The summed E-state index contributed by atoms with van der Waals surface area (Å²) in [5.41, 5.74) is 1.81. The Morgan fingerprint density at radius 1 is 1.16 bits per heavy atom. The molecular weight excluding hydrogens is 328 g/mol. The standard InChI is InChI=1S/C17H12N2O6/c20-17-13(6-10-4-5-14-15(7-10)24-9-23-14)16(18-25-17)11-2-1-3-12(8-11)19(21)22/h1-8,19,21H,9H2. The predicted molar refractivity (Wildman–Crippen MR) is 85.4 cm³/mol. The number of fused-ring (bicyclic) bond motifs is 1. The average Bonchev–Trinajstić information content (AvgIpc) is 3.22. The molecule has 2 N–H and O–H groups in total. The van der Waals surface area contributed by atoms with Crippen molar-refractivity contribution in [3.8, 4) is 11.5 Å². The molecule has 0 spiro atoms. The first-order chi connectivity index (χ1) is 12.1. The number of ether oxygens (including phenoxy) is 2. The molecule has 0 saturated carbocycles. The molecule has 1 atom stereocenters. The SMILES string of the molecule is O=C1ON=C(c2cccc([NH+]([O-])O)c2)C1=Cc1ccc2c(c1)OCO2. The molecule has 25 heavy (non-hydrogen) atoms. The molecule has 2 aromatic rings. The fourth-order valence-corrected chi connectivity index (χ4v) is 2.59. The third-order valence-electron chi connectivity index (χ3n) is 3.79. The van der Waals surface area contributed by atoms with Crippen LogP contribution in [0.3, 0.4) is 0 Å². The quantitative estimate of drug-likeness (QED) is 0.494. The molecule has 2 aromatic carbocycles. The number of carbonyl (C=O) groups excluding carboxylic acids is 1. The molecule has 8 nitrogen and oxygen atoms in total. The number of hydrogen-bond acceptors (Lipinski definition) is 7. The largest absolute Gasteiger partial charge is 0.595 e. The van der Waals surface area contributed by atoms with Crippen LogP contribution in [-0.2, 0) is 9.63 Å². The molecule has 0 amide bonds. The van der Waals surface area contributed by atoms with Gasteiger partial charge in [-0.1, -0.05) is 23.4 Å². The number of quaternary nitrogens is 1. The van der Waals surface area contributed by atoms with E-state index in [1.165, 1.54) is 12.1 Å². The van der Waals surface area contributed by atoms with Gasteiger partial charge in [-0.2, -0.15) is 5.23 Å². The average molecular weight is 340 g/mol. The summed E-state index contributed by atoms with van der Waals surface area (Å²) in [5, 5.41) is 23.0. The van der Waals surface area contributed by atoms with Gasteiger partial charge >= 0.3 is 5.97 Å². The van der Waals surface area contributed by atoms with Crippen LogP contribution in [0.25, 0.3) is 6.08 Å². The van der Waals surface area contributed by atoms with Crippen molar-refractivity contribution in [3.05, 3.63) is 64.4 Å². The van der Waals surface area contributed by atoms with Crippen LogP contribution >= 0.6 is 0 Å². The summed E-state index contributed by atoms with van der Waals surface area (Å²) < 4.78 is 10.6. The second-order valence-corrected chi connectivity index (χ2v) is 5.38. The van der Waals surface area contributed by atoms with Crippen molar-refractivity contribution in [3.63, 3.8) is 0 Å². The van der Waals surface area contributed by atoms with Crippen LogP contribution in [0.15, 0.2) is 53.2 Å². The molecule has 0 aromatic heterocycles. The van der Waals surface area contributed by atoms with E-state index in [0.29, 0.717) is 22.6 Å². The zero-order valence-corrected chi connectivity index (χ0v) is 12.8. The van der Waals surface area contributed by atoms with E-state index in [9.17, 15) is 10.0 Å². The van der Waals surface area contributed by atoms with Crippen LogP contribution in [0.1, 0.15) is 11.1 Å². The summed E-state index contributed by atoms with van der Waals surface area (Å²) in [6.45, 7) is 0.159. The van der Waals surface area contributed by atoms with Gasteiger partial charge in [-0.3, -0.25) is 0 Å². The van der Waals surface area contributed by atoms with E-state index >= 15 is 0 Å². The molecule has 0 radical (unpaired) electrons. The van der Waals surface area contributed by atoms with Gasteiger partial charge in [-0.15, -0.1) is 0 Å². The van der Waals surface area contributed by atoms with E-state index < -0.39 is 11.2 Å². The Kier molecular flexibility index (Phi) is 3.69. The van der Waals surface area contributed by atoms with E-state index in [2.05, 4.69) is 5.16 Å². The highest BCUT2D eigenvalue weighted by Crippen LogP contribution is 2.33. The zero-order chi connectivity index (χ0) is 17.4. The lowest BCUT2D eigenvalue weighted by Crippen LogP contribution is -2.99. The van der Waals surface area contributed by atoms with Crippen LogP contribution in [0.2, 0.25) is 0 Å². The molecule has 1 unspecified atom stereocenters. The van der Waals surface area contributed by atoms with Gasteiger partial charge in [-0.05, 0) is 23.8 Å². The molecule has 8 heteroatoms. The number of nitrogens with zero attached hydrogens (tertiary/aromatic N) is 1. The van der Waals surface area contributed by atoms with E-state index in [-0.39, 0.29) is 23.8 Å². The van der Waals surface area contributed by atoms with Crippen molar-refractivity contribution >= 4 is 23.4 Å². The maximum absolute atomic E-state index is 12.0. The van der Waals surface area contributed by atoms with Crippen molar-refractivity contribution in [2.45, 2.75) is 0 Å². The lowest BCUT2D eigenvalue weighted by molar-refractivity contribution is -0.991. The maximum Gasteiger partial charge on any atom is 0.368 e. The van der Waals surface area contributed by atoms with Crippen molar-refractivity contribution in [2.75, 3.05) is 6.79 Å². The number of oxime groups is 1. The fraction of sp³-hybridized carbons (Fsp3) is 0.0588. The fourth-order valence-electron chi connectivity index (χ4n) is 2.59. The molecule has 0 bridgehead atoms. The second kappa shape index (κ2) is 6.02. The van der Waals surface area contributed by atoms with E-state index in [4.69, 9.17) is 19.5 Å². The van der Waals surface area contributed by atoms with Gasteiger partial charge in [-0.25, -0.2) is 10.0 Å². The summed E-state index contributed by atoms with van der Waals surface area (Å²) in [4.78, 5) is 16.8. The summed E-state index contributed by atoms with van der Waals surface area (Å²) in [6.07, 6.45) is 1.61. The van der Waals surface area contributed by atoms with Crippen molar-refractivity contribution < 1.29 is 29.5 Å². The van der Waals surface area contributed by atoms with Crippen LogP contribution < -0.4 is 14.7 Å². The highest BCUT2D eigenvalue weighted by atomic mass is 16.8. The van der Waals surface area contributed by atoms with Gasteiger partial charge in [0.05, 0.1) is 5.57 Å². The third-order valence-corrected chi connectivity index (χ3v) is 3.79. The third kappa shape index (κ3) is 2.85. The molecular formula is C17H12N2O6. The lowest BCUT2D eigenvalue weighted by Gasteiger charge is -2.12. The van der Waals surface area contributed by atoms with Gasteiger partial charge in [0, 0.05) is 17.7 Å². The molecule has 0 saturated heterocycles. The number of rotatable bonds is 3.